The second kappa shape index (κ2) is 20.0. The number of nitrogens with zero attached hydrogens (tertiary/aromatic N) is 2. The lowest BCUT2D eigenvalue weighted by molar-refractivity contribution is 0.530. The van der Waals surface area contributed by atoms with Gasteiger partial charge in [-0.15, -0.1) is 0 Å². The van der Waals surface area contributed by atoms with Gasteiger partial charge in [-0.2, -0.15) is 0 Å². The smallest absolute Gasteiger partial charge is 0.147 e. The fraction of sp³-hybridized carbons (Fsp3) is 0.500. The van der Waals surface area contributed by atoms with Crippen molar-refractivity contribution in [1.29, 1.82) is 0 Å². The molecule has 214 valence electrons. The highest BCUT2D eigenvalue weighted by Gasteiger charge is 2.35. The van der Waals surface area contributed by atoms with E-state index in [1.165, 1.54) is 96.3 Å². The summed E-state index contributed by atoms with van der Waals surface area (Å²) in [5.41, 5.74) is 2.70. The third-order valence-corrected chi connectivity index (χ3v) is 7.99. The first-order chi connectivity index (χ1) is 19.9. The normalized spacial score (nSPS) is 11.2. The van der Waals surface area contributed by atoms with Gasteiger partial charge in [0.05, 0.1) is 6.01 Å². The van der Waals surface area contributed by atoms with Crippen LogP contribution < -0.4 is 0 Å². The van der Waals surface area contributed by atoms with Crippen LogP contribution >= 0.6 is 0 Å². The predicted molar refractivity (Wildman–Crippen MR) is 173 cm³/mol. The second-order valence-electron chi connectivity index (χ2n) is 11.2. The molecule has 2 nitrogen and oxygen atoms in total. The zero-order valence-corrected chi connectivity index (χ0v) is 25.1. The van der Waals surface area contributed by atoms with Gasteiger partial charge in [0.25, 0.3) is 0 Å². The number of hydrogen-bond acceptors (Lipinski definition) is 2. The molecule has 0 spiro atoms. The van der Waals surface area contributed by atoms with Gasteiger partial charge in [-0.05, 0) is 23.1 Å². The summed E-state index contributed by atoms with van der Waals surface area (Å²) in [5.74, 6) is 0. The molecular formula is C38H52N2. The first-order valence-corrected chi connectivity index (χ1v) is 16.2. The van der Waals surface area contributed by atoms with Crippen molar-refractivity contribution in [3.63, 3.8) is 0 Å². The number of benzene rings is 3. The van der Waals surface area contributed by atoms with E-state index in [1.54, 1.807) is 0 Å². The summed E-state index contributed by atoms with van der Waals surface area (Å²) >= 11 is 0. The first kappa shape index (κ1) is 31.6. The lowest BCUT2D eigenvalue weighted by Gasteiger charge is -2.30. The Morgan fingerprint density at radius 1 is 0.450 bits per heavy atom. The molecule has 0 aliphatic carbocycles. The van der Waals surface area contributed by atoms with Gasteiger partial charge < -0.3 is 0 Å². The number of unbranched alkanes of at least 4 members (excludes halogenated alkanes) is 15. The van der Waals surface area contributed by atoms with Gasteiger partial charge in [0.1, 0.15) is 5.54 Å². The molecule has 0 N–H and O–H groups in total. The van der Waals surface area contributed by atoms with Crippen LogP contribution in [0.3, 0.4) is 0 Å². The highest BCUT2D eigenvalue weighted by Crippen LogP contribution is 2.40. The highest BCUT2D eigenvalue weighted by molar-refractivity contribution is 5.55. The molecule has 0 amide bonds. The van der Waals surface area contributed by atoms with Crippen molar-refractivity contribution in [3.8, 4) is 0 Å². The lowest BCUT2D eigenvalue weighted by atomic mass is 9.77. The Morgan fingerprint density at radius 2 is 0.775 bits per heavy atom. The van der Waals surface area contributed by atoms with Crippen LogP contribution in [-0.2, 0) is 5.54 Å². The number of hydrogen-bond donors (Lipinski definition) is 0. The Kier molecular flexibility index (Phi) is 15.8. The summed E-state index contributed by atoms with van der Waals surface area (Å²) < 4.78 is 0. The molecule has 0 aliphatic heterocycles. The number of rotatable bonds is 21. The van der Waals surface area contributed by atoms with Gasteiger partial charge in [-0.1, -0.05) is 194 Å². The molecule has 3 aromatic carbocycles. The summed E-state index contributed by atoms with van der Waals surface area (Å²) in [7, 11) is 0. The van der Waals surface area contributed by atoms with Crippen LogP contribution in [0.2, 0.25) is 0 Å². The molecule has 2 heteroatoms. The van der Waals surface area contributed by atoms with Crippen LogP contribution in [-0.4, -0.2) is 12.6 Å². The molecule has 0 bridgehead atoms. The van der Waals surface area contributed by atoms with E-state index in [4.69, 9.17) is 4.99 Å². The molecule has 40 heavy (non-hydrogen) atoms. The van der Waals surface area contributed by atoms with Gasteiger partial charge >= 0.3 is 0 Å². The average Bonchev–Trinajstić information content (AvgIpc) is 3.01. The average molecular weight is 537 g/mol. The predicted octanol–water partition coefficient (Wildman–Crippen LogP) is 11.4. The van der Waals surface area contributed by atoms with Crippen LogP contribution in [0.5, 0.6) is 0 Å². The van der Waals surface area contributed by atoms with E-state index in [1.807, 2.05) is 0 Å². The molecule has 0 atom stereocenters. The SMILES string of the molecule is CCCCCCCCCCCCCCCCCCN=C=NC(c1ccccc1)(c1ccccc1)c1ccccc1. The van der Waals surface area contributed by atoms with Crippen molar-refractivity contribution in [3.05, 3.63) is 108 Å². The van der Waals surface area contributed by atoms with Crippen molar-refractivity contribution in [2.24, 2.45) is 9.98 Å². The minimum absolute atomic E-state index is 0.665. The topological polar surface area (TPSA) is 24.7 Å². The third kappa shape index (κ3) is 10.9. The van der Waals surface area contributed by atoms with Crippen LogP contribution in [0.4, 0.5) is 0 Å². The van der Waals surface area contributed by atoms with Gasteiger partial charge in [0.2, 0.25) is 0 Å². The highest BCUT2D eigenvalue weighted by atomic mass is 14.9. The summed E-state index contributed by atoms with van der Waals surface area (Å²) in [5, 5.41) is 0. The fourth-order valence-electron chi connectivity index (χ4n) is 5.63. The molecule has 0 heterocycles. The van der Waals surface area contributed by atoms with Crippen LogP contribution in [0.15, 0.2) is 101 Å². The van der Waals surface area contributed by atoms with Gasteiger partial charge in [-0.25, -0.2) is 9.98 Å². The van der Waals surface area contributed by atoms with Gasteiger partial charge in [0, 0.05) is 6.54 Å². The van der Waals surface area contributed by atoms with Crippen LogP contribution in [0.25, 0.3) is 0 Å². The van der Waals surface area contributed by atoms with Crippen molar-refractivity contribution >= 4 is 6.01 Å². The maximum atomic E-state index is 5.06. The summed E-state index contributed by atoms with van der Waals surface area (Å²) in [6, 6.07) is 34.7. The van der Waals surface area contributed by atoms with E-state index in [0.717, 1.165) is 29.7 Å². The fourth-order valence-corrected chi connectivity index (χ4v) is 5.63. The van der Waals surface area contributed by atoms with Crippen molar-refractivity contribution < 1.29 is 0 Å². The molecule has 0 saturated heterocycles. The first-order valence-electron chi connectivity index (χ1n) is 16.2. The zero-order valence-electron chi connectivity index (χ0n) is 25.1. The van der Waals surface area contributed by atoms with Crippen molar-refractivity contribution in [2.75, 3.05) is 6.54 Å². The molecular weight excluding hydrogens is 484 g/mol. The molecule has 0 fully saturated rings. The third-order valence-electron chi connectivity index (χ3n) is 7.99. The van der Waals surface area contributed by atoms with Crippen LogP contribution in [0, 0.1) is 0 Å². The van der Waals surface area contributed by atoms with E-state index >= 15 is 0 Å². The lowest BCUT2D eigenvalue weighted by Crippen LogP contribution is -2.27. The maximum absolute atomic E-state index is 5.06. The van der Waals surface area contributed by atoms with E-state index in [2.05, 4.69) is 109 Å². The van der Waals surface area contributed by atoms with Crippen LogP contribution in [0.1, 0.15) is 126 Å². The minimum Gasteiger partial charge on any atom is -0.226 e. The molecule has 0 saturated carbocycles. The minimum atomic E-state index is -0.665. The monoisotopic (exact) mass is 536 g/mol. The molecule has 3 rings (SSSR count). The van der Waals surface area contributed by atoms with Crippen molar-refractivity contribution in [1.82, 2.24) is 0 Å². The Labute approximate surface area is 245 Å². The van der Waals surface area contributed by atoms with E-state index in [0.29, 0.717) is 0 Å². The standard InChI is InChI=1S/C38H52N2/c1-2-3-4-5-6-7-8-9-10-11-12-13-14-15-16-26-33-39-34-40-38(35-27-20-17-21-28-35,36-29-22-18-23-30-36)37-31-24-19-25-32-37/h17-25,27-32H,2-16,26,33H2,1H3. The molecule has 0 aliphatic rings. The molecule has 3 aromatic rings. The van der Waals surface area contributed by atoms with Crippen molar-refractivity contribution in [2.45, 2.75) is 115 Å². The number of aliphatic imine (C=N–C) groups is 2. The molecule has 0 unspecified atom stereocenters. The van der Waals surface area contributed by atoms with E-state index in [-0.39, 0.29) is 0 Å². The summed E-state index contributed by atoms with van der Waals surface area (Å²) in [4.78, 5) is 9.68. The molecule has 0 aromatic heterocycles. The largest absolute Gasteiger partial charge is 0.226 e. The Morgan fingerprint density at radius 3 is 1.12 bits per heavy atom. The zero-order chi connectivity index (χ0) is 28.0. The maximum Gasteiger partial charge on any atom is 0.147 e. The Balaban J connectivity index is 1.40. The van der Waals surface area contributed by atoms with E-state index in [9.17, 15) is 0 Å². The van der Waals surface area contributed by atoms with Gasteiger partial charge in [-0.3, -0.25) is 0 Å². The molecule has 0 radical (unpaired) electrons. The second-order valence-corrected chi connectivity index (χ2v) is 11.2. The van der Waals surface area contributed by atoms with Gasteiger partial charge in [0.15, 0.2) is 0 Å². The Bertz CT molecular complexity index is 972. The Hall–Kier alpha value is -2.96. The quantitative estimate of drug-likeness (QED) is 0.0734. The summed E-state index contributed by atoms with van der Waals surface area (Å²) in [6.45, 7) is 3.08. The van der Waals surface area contributed by atoms with E-state index < -0.39 is 5.54 Å². The summed E-state index contributed by atoms with van der Waals surface area (Å²) in [6.07, 6.45) is 22.1.